The minimum Gasteiger partial charge on any atom is -0.496 e. The molecule has 1 saturated heterocycles. The average Bonchev–Trinajstić information content (AvgIpc) is 3.25. The van der Waals surface area contributed by atoms with Crippen molar-refractivity contribution in [2.45, 2.75) is 31.8 Å². The second-order valence-electron chi connectivity index (χ2n) is 5.77. The molecule has 1 aliphatic heterocycles. The van der Waals surface area contributed by atoms with Gasteiger partial charge in [-0.15, -0.1) is 0 Å². The molecular weight excluding hydrogens is 336 g/mol. The van der Waals surface area contributed by atoms with Crippen LogP contribution in [-0.4, -0.2) is 29.5 Å². The SMILES string of the molecule is COc1ccc(CN2C(=O)N[C@@](C)(C3CC3)C2=O)cc1Br. The van der Waals surface area contributed by atoms with E-state index in [1.54, 1.807) is 7.11 Å². The summed E-state index contributed by atoms with van der Waals surface area (Å²) < 4.78 is 5.98. The van der Waals surface area contributed by atoms with E-state index in [9.17, 15) is 9.59 Å². The van der Waals surface area contributed by atoms with Crippen LogP contribution in [0.5, 0.6) is 5.75 Å². The highest BCUT2D eigenvalue weighted by atomic mass is 79.9. The molecule has 3 rings (SSSR count). The number of halogens is 1. The summed E-state index contributed by atoms with van der Waals surface area (Å²) in [5.74, 6) is 0.877. The number of benzene rings is 1. The zero-order valence-electron chi connectivity index (χ0n) is 12.0. The van der Waals surface area contributed by atoms with Crippen LogP contribution in [0.15, 0.2) is 22.7 Å². The predicted octanol–water partition coefficient (Wildman–Crippen LogP) is 2.68. The van der Waals surface area contributed by atoms with E-state index < -0.39 is 5.54 Å². The second-order valence-corrected chi connectivity index (χ2v) is 6.62. The number of imide groups is 1. The van der Waals surface area contributed by atoms with Crippen LogP contribution in [0.4, 0.5) is 4.79 Å². The molecule has 2 fully saturated rings. The molecule has 1 heterocycles. The Labute approximate surface area is 131 Å². The molecule has 6 heteroatoms. The third-order valence-corrected chi connectivity index (χ3v) is 4.87. The van der Waals surface area contributed by atoms with Gasteiger partial charge in [0.15, 0.2) is 0 Å². The fraction of sp³-hybridized carbons (Fsp3) is 0.467. The molecule has 1 aliphatic carbocycles. The molecule has 2 aliphatic rings. The maximum atomic E-state index is 12.5. The Hall–Kier alpha value is -1.56. The van der Waals surface area contributed by atoms with Crippen molar-refractivity contribution in [1.82, 2.24) is 10.2 Å². The van der Waals surface area contributed by atoms with Crippen molar-refractivity contribution in [3.8, 4) is 5.75 Å². The lowest BCUT2D eigenvalue weighted by Crippen LogP contribution is -2.46. The average molecular weight is 353 g/mol. The molecule has 1 N–H and O–H groups in total. The van der Waals surface area contributed by atoms with E-state index in [1.165, 1.54) is 4.90 Å². The zero-order valence-corrected chi connectivity index (χ0v) is 13.6. The monoisotopic (exact) mass is 352 g/mol. The van der Waals surface area contributed by atoms with Crippen molar-refractivity contribution in [2.75, 3.05) is 7.11 Å². The number of amides is 3. The predicted molar refractivity (Wildman–Crippen MR) is 80.9 cm³/mol. The fourth-order valence-electron chi connectivity index (χ4n) is 2.79. The van der Waals surface area contributed by atoms with Crippen LogP contribution in [-0.2, 0) is 11.3 Å². The van der Waals surface area contributed by atoms with Crippen molar-refractivity contribution in [2.24, 2.45) is 5.92 Å². The summed E-state index contributed by atoms with van der Waals surface area (Å²) in [7, 11) is 1.60. The summed E-state index contributed by atoms with van der Waals surface area (Å²) in [6.45, 7) is 2.10. The van der Waals surface area contributed by atoms with Gasteiger partial charge in [-0.25, -0.2) is 4.79 Å². The van der Waals surface area contributed by atoms with Crippen molar-refractivity contribution in [3.63, 3.8) is 0 Å². The van der Waals surface area contributed by atoms with Gasteiger partial charge in [0.25, 0.3) is 5.91 Å². The molecule has 1 atom stereocenters. The molecule has 5 nitrogen and oxygen atoms in total. The number of rotatable bonds is 4. The van der Waals surface area contributed by atoms with E-state index in [-0.39, 0.29) is 24.4 Å². The van der Waals surface area contributed by atoms with Crippen molar-refractivity contribution >= 4 is 27.9 Å². The standard InChI is InChI=1S/C15H17BrN2O3/c1-15(10-4-5-10)13(19)18(14(20)17-15)8-9-3-6-12(21-2)11(16)7-9/h3,6-7,10H,4-5,8H2,1-2H3,(H,17,20)/t15-/m0/s1. The highest BCUT2D eigenvalue weighted by Gasteiger charge is 2.55. The Morgan fingerprint density at radius 2 is 2.14 bits per heavy atom. The van der Waals surface area contributed by atoms with E-state index in [4.69, 9.17) is 4.74 Å². The number of ether oxygens (including phenoxy) is 1. The third-order valence-electron chi connectivity index (χ3n) is 4.25. The molecule has 0 bridgehead atoms. The highest BCUT2D eigenvalue weighted by molar-refractivity contribution is 9.10. The van der Waals surface area contributed by atoms with Gasteiger partial charge >= 0.3 is 6.03 Å². The number of carbonyl (C=O) groups excluding carboxylic acids is 2. The van der Waals surface area contributed by atoms with Crippen LogP contribution in [0.3, 0.4) is 0 Å². The van der Waals surface area contributed by atoms with E-state index >= 15 is 0 Å². The van der Waals surface area contributed by atoms with Gasteiger partial charge in [-0.2, -0.15) is 0 Å². The number of hydrogen-bond donors (Lipinski definition) is 1. The van der Waals surface area contributed by atoms with Gasteiger partial charge in [0.05, 0.1) is 18.1 Å². The Morgan fingerprint density at radius 3 is 2.71 bits per heavy atom. The lowest BCUT2D eigenvalue weighted by atomic mass is 9.96. The Kier molecular flexibility index (Phi) is 3.43. The molecule has 1 aromatic carbocycles. The van der Waals surface area contributed by atoms with Gasteiger partial charge in [-0.1, -0.05) is 6.07 Å². The topological polar surface area (TPSA) is 58.6 Å². The summed E-state index contributed by atoms with van der Waals surface area (Å²) in [4.78, 5) is 25.9. The highest BCUT2D eigenvalue weighted by Crippen LogP contribution is 2.42. The maximum absolute atomic E-state index is 12.5. The molecule has 3 amide bonds. The number of nitrogens with one attached hydrogen (secondary N) is 1. The number of hydrogen-bond acceptors (Lipinski definition) is 3. The minimum absolute atomic E-state index is 0.123. The summed E-state index contributed by atoms with van der Waals surface area (Å²) in [6, 6.07) is 5.24. The Balaban J connectivity index is 1.80. The van der Waals surface area contributed by atoms with Crippen LogP contribution in [0, 0.1) is 5.92 Å². The first-order valence-corrected chi connectivity index (χ1v) is 7.71. The quantitative estimate of drug-likeness (QED) is 0.847. The van der Waals surface area contributed by atoms with Gasteiger partial charge in [0.2, 0.25) is 0 Å². The number of methoxy groups -OCH3 is 1. The van der Waals surface area contributed by atoms with Crippen LogP contribution in [0.25, 0.3) is 0 Å². The molecule has 1 aromatic rings. The van der Waals surface area contributed by atoms with Crippen LogP contribution in [0.1, 0.15) is 25.3 Å². The summed E-state index contributed by atoms with van der Waals surface area (Å²) in [5.41, 5.74) is 0.159. The lowest BCUT2D eigenvalue weighted by molar-refractivity contribution is -0.131. The van der Waals surface area contributed by atoms with Crippen molar-refractivity contribution in [1.29, 1.82) is 0 Å². The molecule has 0 unspecified atom stereocenters. The van der Waals surface area contributed by atoms with E-state index in [0.29, 0.717) is 0 Å². The molecular formula is C15H17BrN2O3. The fourth-order valence-corrected chi connectivity index (χ4v) is 3.38. The molecule has 0 spiro atoms. The second kappa shape index (κ2) is 5.02. The largest absolute Gasteiger partial charge is 0.496 e. The summed E-state index contributed by atoms with van der Waals surface area (Å²) in [5, 5.41) is 2.85. The van der Waals surface area contributed by atoms with Gasteiger partial charge in [0.1, 0.15) is 11.3 Å². The zero-order chi connectivity index (χ0) is 15.2. The van der Waals surface area contributed by atoms with E-state index in [1.807, 2.05) is 25.1 Å². The first-order chi connectivity index (χ1) is 9.95. The molecule has 112 valence electrons. The van der Waals surface area contributed by atoms with Gasteiger partial charge in [-0.3, -0.25) is 9.69 Å². The maximum Gasteiger partial charge on any atom is 0.325 e. The van der Waals surface area contributed by atoms with E-state index in [2.05, 4.69) is 21.2 Å². The first-order valence-electron chi connectivity index (χ1n) is 6.92. The smallest absolute Gasteiger partial charge is 0.325 e. The molecule has 21 heavy (non-hydrogen) atoms. The molecule has 0 aromatic heterocycles. The van der Waals surface area contributed by atoms with Crippen molar-refractivity contribution in [3.05, 3.63) is 28.2 Å². The Morgan fingerprint density at radius 1 is 1.43 bits per heavy atom. The third kappa shape index (κ3) is 2.41. The van der Waals surface area contributed by atoms with E-state index in [0.717, 1.165) is 28.6 Å². The minimum atomic E-state index is -0.721. The summed E-state index contributed by atoms with van der Waals surface area (Å²) in [6.07, 6.45) is 2.01. The van der Waals surface area contributed by atoms with Crippen molar-refractivity contribution < 1.29 is 14.3 Å². The number of nitrogens with zero attached hydrogens (tertiary/aromatic N) is 1. The first kappa shape index (κ1) is 14.4. The van der Waals surface area contributed by atoms with Gasteiger partial charge < -0.3 is 10.1 Å². The van der Waals surface area contributed by atoms with Gasteiger partial charge in [-0.05, 0) is 59.3 Å². The van der Waals surface area contributed by atoms with Crippen LogP contribution in [0.2, 0.25) is 0 Å². The molecule has 1 saturated carbocycles. The normalized spacial score (nSPS) is 25.2. The van der Waals surface area contributed by atoms with Crippen LogP contribution >= 0.6 is 15.9 Å². The number of urea groups is 1. The molecule has 0 radical (unpaired) electrons. The summed E-state index contributed by atoms with van der Waals surface area (Å²) >= 11 is 3.41. The van der Waals surface area contributed by atoms with Crippen LogP contribution < -0.4 is 10.1 Å². The lowest BCUT2D eigenvalue weighted by Gasteiger charge is -2.21. The number of carbonyl (C=O) groups is 2. The Bertz CT molecular complexity index is 615. The van der Waals surface area contributed by atoms with Gasteiger partial charge in [0, 0.05) is 0 Å².